The highest BCUT2D eigenvalue weighted by Gasteiger charge is 1.99. The minimum Gasteiger partial charge on any atom is -0.445 e. The third-order valence-electron chi connectivity index (χ3n) is 2.26. The van der Waals surface area contributed by atoms with E-state index in [2.05, 4.69) is 27.4 Å². The van der Waals surface area contributed by atoms with Crippen molar-refractivity contribution < 1.29 is 9.53 Å². The monoisotopic (exact) mass is 255 g/mol. The van der Waals surface area contributed by atoms with E-state index < -0.39 is 6.09 Å². The summed E-state index contributed by atoms with van der Waals surface area (Å²) in [5.74, 6) is 5.63. The molecule has 2 rings (SSSR count). The van der Waals surface area contributed by atoms with E-state index in [4.69, 9.17) is 4.74 Å². The van der Waals surface area contributed by atoms with Crippen molar-refractivity contribution in [3.05, 3.63) is 53.9 Å². The van der Waals surface area contributed by atoms with Crippen LogP contribution in [0.4, 0.5) is 4.79 Å². The molecule has 5 nitrogen and oxygen atoms in total. The average Bonchev–Trinajstić information content (AvgIpc) is 2.96. The fraction of sp³-hybridized carbons (Fsp3) is 0.143. The number of nitrogens with one attached hydrogen (secondary N) is 2. The zero-order valence-corrected chi connectivity index (χ0v) is 10.2. The first kappa shape index (κ1) is 12.7. The van der Waals surface area contributed by atoms with Gasteiger partial charge in [0, 0.05) is 6.20 Å². The van der Waals surface area contributed by atoms with Crippen molar-refractivity contribution >= 4 is 6.09 Å². The first-order valence-electron chi connectivity index (χ1n) is 5.77. The van der Waals surface area contributed by atoms with Gasteiger partial charge in [0.1, 0.15) is 6.61 Å². The molecule has 0 fully saturated rings. The molecular weight excluding hydrogens is 242 g/mol. The largest absolute Gasteiger partial charge is 0.445 e. The summed E-state index contributed by atoms with van der Waals surface area (Å²) < 4.78 is 5.03. The van der Waals surface area contributed by atoms with E-state index in [0.717, 1.165) is 11.1 Å². The molecule has 5 heteroatoms. The van der Waals surface area contributed by atoms with Crippen molar-refractivity contribution in [1.82, 2.24) is 15.5 Å². The molecule has 0 aliphatic carbocycles. The molecule has 1 heterocycles. The first-order valence-corrected chi connectivity index (χ1v) is 5.77. The van der Waals surface area contributed by atoms with Crippen LogP contribution in [-0.4, -0.2) is 22.8 Å². The Bertz CT molecular complexity index is 568. The lowest BCUT2D eigenvalue weighted by atomic mass is 10.2. The molecule has 2 N–H and O–H groups in total. The summed E-state index contributed by atoms with van der Waals surface area (Å²) in [5, 5.41) is 8.96. The zero-order chi connectivity index (χ0) is 13.3. The van der Waals surface area contributed by atoms with Gasteiger partial charge in [0.15, 0.2) is 0 Å². The summed E-state index contributed by atoms with van der Waals surface area (Å²) in [6, 6.07) is 9.49. The molecule has 0 atom stereocenters. The lowest BCUT2D eigenvalue weighted by Gasteiger charge is -2.04. The number of carbonyl (C=O) groups excluding carboxylic acids is 1. The maximum Gasteiger partial charge on any atom is 0.408 e. The van der Waals surface area contributed by atoms with E-state index in [9.17, 15) is 4.79 Å². The highest BCUT2D eigenvalue weighted by molar-refractivity contribution is 5.67. The van der Waals surface area contributed by atoms with E-state index in [1.807, 2.05) is 30.3 Å². The molecular formula is C14H13N3O2. The summed E-state index contributed by atoms with van der Waals surface area (Å²) >= 11 is 0. The van der Waals surface area contributed by atoms with Gasteiger partial charge in [-0.1, -0.05) is 42.2 Å². The number of hydrogen-bond donors (Lipinski definition) is 2. The van der Waals surface area contributed by atoms with Crippen molar-refractivity contribution in [2.75, 3.05) is 6.54 Å². The summed E-state index contributed by atoms with van der Waals surface area (Å²) in [7, 11) is 0. The molecule has 0 aliphatic heterocycles. The number of aromatic amines is 1. The number of aromatic nitrogens is 2. The number of carbonyl (C=O) groups is 1. The van der Waals surface area contributed by atoms with Crippen LogP contribution >= 0.6 is 0 Å². The van der Waals surface area contributed by atoms with Crippen molar-refractivity contribution in [3.63, 3.8) is 0 Å². The SMILES string of the molecule is O=C(NCC#Cc1cn[nH]c1)OCc1ccccc1. The highest BCUT2D eigenvalue weighted by Crippen LogP contribution is 2.00. The van der Waals surface area contributed by atoms with Crippen LogP contribution in [0.25, 0.3) is 0 Å². The highest BCUT2D eigenvalue weighted by atomic mass is 16.5. The van der Waals surface area contributed by atoms with E-state index in [-0.39, 0.29) is 13.2 Å². The van der Waals surface area contributed by atoms with Crippen molar-refractivity contribution in [2.24, 2.45) is 0 Å². The summed E-state index contributed by atoms with van der Waals surface area (Å²) in [6.45, 7) is 0.487. The van der Waals surface area contributed by atoms with E-state index >= 15 is 0 Å². The lowest BCUT2D eigenvalue weighted by molar-refractivity contribution is 0.141. The Hall–Kier alpha value is -2.74. The Morgan fingerprint density at radius 2 is 2.21 bits per heavy atom. The average molecular weight is 255 g/mol. The van der Waals surface area contributed by atoms with Crippen LogP contribution in [-0.2, 0) is 11.3 Å². The Morgan fingerprint density at radius 1 is 1.37 bits per heavy atom. The molecule has 0 saturated carbocycles. The molecule has 1 aromatic carbocycles. The van der Waals surface area contributed by atoms with Gasteiger partial charge in [-0.05, 0) is 5.56 Å². The topological polar surface area (TPSA) is 67.0 Å². The smallest absolute Gasteiger partial charge is 0.408 e. The standard InChI is InChI=1S/C14H13N3O2/c18-14(19-11-12-5-2-1-3-6-12)15-8-4-7-13-9-16-17-10-13/h1-3,5-6,9-10H,8,11H2,(H,15,18)(H,16,17). The third kappa shape index (κ3) is 4.56. The van der Waals surface area contributed by atoms with Gasteiger partial charge in [-0.2, -0.15) is 5.10 Å². The molecule has 19 heavy (non-hydrogen) atoms. The number of benzene rings is 1. The second kappa shape index (κ2) is 6.87. The lowest BCUT2D eigenvalue weighted by Crippen LogP contribution is -2.24. The van der Waals surface area contributed by atoms with Crippen LogP contribution in [0.15, 0.2) is 42.7 Å². The van der Waals surface area contributed by atoms with E-state index in [1.54, 1.807) is 12.4 Å². The van der Waals surface area contributed by atoms with Crippen molar-refractivity contribution in [2.45, 2.75) is 6.61 Å². The molecule has 1 aromatic heterocycles. The summed E-state index contributed by atoms with van der Waals surface area (Å²) in [6.07, 6.45) is 2.81. The number of hydrogen-bond acceptors (Lipinski definition) is 3. The molecule has 0 saturated heterocycles. The van der Waals surface area contributed by atoms with Crippen LogP contribution in [0.2, 0.25) is 0 Å². The molecule has 0 unspecified atom stereocenters. The minimum atomic E-state index is -0.481. The van der Waals surface area contributed by atoms with Crippen LogP contribution < -0.4 is 5.32 Å². The van der Waals surface area contributed by atoms with Crippen molar-refractivity contribution in [3.8, 4) is 11.8 Å². The predicted molar refractivity (Wildman–Crippen MR) is 70.1 cm³/mol. The van der Waals surface area contributed by atoms with Gasteiger partial charge < -0.3 is 10.1 Å². The van der Waals surface area contributed by atoms with Crippen LogP contribution in [0.3, 0.4) is 0 Å². The molecule has 0 bridgehead atoms. The molecule has 1 amide bonds. The maximum atomic E-state index is 11.4. The van der Waals surface area contributed by atoms with Gasteiger partial charge in [0.2, 0.25) is 0 Å². The summed E-state index contributed by atoms with van der Waals surface area (Å²) in [4.78, 5) is 11.4. The zero-order valence-electron chi connectivity index (χ0n) is 10.2. The number of alkyl carbamates (subject to hydrolysis) is 1. The van der Waals surface area contributed by atoms with Gasteiger partial charge in [-0.25, -0.2) is 4.79 Å². The van der Waals surface area contributed by atoms with Crippen LogP contribution in [0.1, 0.15) is 11.1 Å². The molecule has 0 spiro atoms. The molecule has 0 radical (unpaired) electrons. The van der Waals surface area contributed by atoms with Gasteiger partial charge >= 0.3 is 6.09 Å². The van der Waals surface area contributed by atoms with Gasteiger partial charge in [0.05, 0.1) is 18.3 Å². The Labute approximate surface area is 111 Å². The molecule has 0 aliphatic rings. The summed E-state index contributed by atoms with van der Waals surface area (Å²) in [5.41, 5.74) is 1.72. The number of H-pyrrole nitrogens is 1. The minimum absolute atomic E-state index is 0.235. The Balaban J connectivity index is 1.68. The fourth-order valence-electron chi connectivity index (χ4n) is 1.36. The first-order chi connectivity index (χ1) is 9.34. The predicted octanol–water partition coefficient (Wildman–Crippen LogP) is 1.69. The van der Waals surface area contributed by atoms with Crippen LogP contribution in [0.5, 0.6) is 0 Å². The second-order valence-corrected chi connectivity index (χ2v) is 3.70. The normalized spacial score (nSPS) is 9.26. The van der Waals surface area contributed by atoms with E-state index in [0.29, 0.717) is 0 Å². The van der Waals surface area contributed by atoms with Crippen LogP contribution in [0, 0.1) is 11.8 Å². The number of rotatable bonds is 3. The van der Waals surface area contributed by atoms with Gasteiger partial charge in [0.25, 0.3) is 0 Å². The van der Waals surface area contributed by atoms with Gasteiger partial charge in [-0.3, -0.25) is 5.10 Å². The van der Waals surface area contributed by atoms with Gasteiger partial charge in [-0.15, -0.1) is 0 Å². The van der Waals surface area contributed by atoms with Crippen molar-refractivity contribution in [1.29, 1.82) is 0 Å². The maximum absolute atomic E-state index is 11.4. The molecule has 2 aromatic rings. The second-order valence-electron chi connectivity index (χ2n) is 3.70. The third-order valence-corrected chi connectivity index (χ3v) is 2.26. The Kier molecular flexibility index (Phi) is 4.59. The fourth-order valence-corrected chi connectivity index (χ4v) is 1.36. The number of ether oxygens (including phenoxy) is 1. The number of amides is 1. The quantitative estimate of drug-likeness (QED) is 0.820. The van der Waals surface area contributed by atoms with E-state index in [1.165, 1.54) is 0 Å². The number of nitrogens with zero attached hydrogens (tertiary/aromatic N) is 1. The molecule has 96 valence electrons. The Morgan fingerprint density at radius 3 is 2.95 bits per heavy atom.